The van der Waals surface area contributed by atoms with Gasteiger partial charge < -0.3 is 10.2 Å². The Morgan fingerprint density at radius 3 is 1.93 bits per heavy atom. The summed E-state index contributed by atoms with van der Waals surface area (Å²) in [6.07, 6.45) is 3.64. The lowest BCUT2D eigenvalue weighted by Crippen LogP contribution is -2.37. The van der Waals surface area contributed by atoms with Gasteiger partial charge in [-0.3, -0.25) is 0 Å². The zero-order chi connectivity index (χ0) is 22.4. The van der Waals surface area contributed by atoms with E-state index in [1.807, 2.05) is 62.4 Å². The average molecular weight is 405 g/mol. The highest BCUT2D eigenvalue weighted by atomic mass is 15.1. The molecule has 0 bridgehead atoms. The van der Waals surface area contributed by atoms with Gasteiger partial charge in [-0.2, -0.15) is 10.5 Å². The molecule has 0 unspecified atom stereocenters. The Kier molecular flexibility index (Phi) is 11.1. The van der Waals surface area contributed by atoms with Crippen LogP contribution in [-0.2, 0) is 0 Å². The van der Waals surface area contributed by atoms with E-state index in [1.165, 1.54) is 19.3 Å². The number of hydrogen-bond acceptors (Lipinski definition) is 4. The molecule has 0 fully saturated rings. The minimum absolute atomic E-state index is 0.221. The van der Waals surface area contributed by atoms with Crippen LogP contribution in [0.1, 0.15) is 65.0 Å². The maximum atomic E-state index is 9.06. The van der Waals surface area contributed by atoms with Crippen molar-refractivity contribution in [2.24, 2.45) is 5.41 Å². The molecule has 0 aromatic heterocycles. The van der Waals surface area contributed by atoms with Gasteiger partial charge >= 0.3 is 0 Å². The Labute approximate surface area is 183 Å². The van der Waals surface area contributed by atoms with Crippen molar-refractivity contribution in [1.82, 2.24) is 0 Å². The first-order valence-electron chi connectivity index (χ1n) is 11.0. The zero-order valence-electron chi connectivity index (χ0n) is 19.2. The molecule has 0 saturated carbocycles. The van der Waals surface area contributed by atoms with Crippen LogP contribution in [0.5, 0.6) is 0 Å². The van der Waals surface area contributed by atoms with Gasteiger partial charge in [-0.05, 0) is 60.4 Å². The van der Waals surface area contributed by atoms with Gasteiger partial charge in [0, 0.05) is 31.0 Å². The molecule has 4 heteroatoms. The third-order valence-corrected chi connectivity index (χ3v) is 4.91. The minimum Gasteiger partial charge on any atom is -0.383 e. The van der Waals surface area contributed by atoms with Crippen molar-refractivity contribution < 1.29 is 0 Å². The summed E-state index contributed by atoms with van der Waals surface area (Å²) >= 11 is 0. The maximum Gasteiger partial charge on any atom is 0.0991 e. The molecule has 0 aliphatic heterocycles. The van der Waals surface area contributed by atoms with Crippen LogP contribution in [0.25, 0.3) is 0 Å². The molecule has 2 rings (SSSR count). The van der Waals surface area contributed by atoms with Crippen molar-refractivity contribution in [3.05, 3.63) is 59.7 Å². The summed E-state index contributed by atoms with van der Waals surface area (Å²) in [5.41, 5.74) is 3.74. The molecule has 0 radical (unpaired) electrons. The van der Waals surface area contributed by atoms with Crippen molar-refractivity contribution in [3.63, 3.8) is 0 Å². The Morgan fingerprint density at radius 2 is 1.43 bits per heavy atom. The van der Waals surface area contributed by atoms with Crippen molar-refractivity contribution in [2.75, 3.05) is 29.9 Å². The molecule has 30 heavy (non-hydrogen) atoms. The van der Waals surface area contributed by atoms with E-state index in [1.54, 1.807) is 0 Å². The molecule has 0 atom stereocenters. The maximum absolute atomic E-state index is 9.06. The summed E-state index contributed by atoms with van der Waals surface area (Å²) in [5.74, 6) is 0. The molecule has 0 heterocycles. The SMILES string of the molecule is CC.CCCCC(C)(C)CN(CCNc1ccc(C#N)cc1)c1ccc(C#N)cc1. The fraction of sp³-hybridized carbons (Fsp3) is 0.462. The Morgan fingerprint density at radius 1 is 0.900 bits per heavy atom. The molecule has 0 spiro atoms. The Bertz CT molecular complexity index is 808. The normalized spacial score (nSPS) is 10.2. The first-order chi connectivity index (χ1) is 14.5. The monoisotopic (exact) mass is 404 g/mol. The summed E-state index contributed by atoms with van der Waals surface area (Å²) in [4.78, 5) is 2.40. The van der Waals surface area contributed by atoms with Gasteiger partial charge in [0.1, 0.15) is 0 Å². The van der Waals surface area contributed by atoms with E-state index in [2.05, 4.69) is 43.1 Å². The van der Waals surface area contributed by atoms with Gasteiger partial charge in [0.25, 0.3) is 0 Å². The molecule has 4 nitrogen and oxygen atoms in total. The molecular weight excluding hydrogens is 368 g/mol. The molecular formula is C26H36N4. The van der Waals surface area contributed by atoms with Crippen LogP contribution in [0.15, 0.2) is 48.5 Å². The predicted molar refractivity (Wildman–Crippen MR) is 128 cm³/mol. The third-order valence-electron chi connectivity index (χ3n) is 4.91. The summed E-state index contributed by atoms with van der Waals surface area (Å²) < 4.78 is 0. The Balaban J connectivity index is 0.00000218. The van der Waals surface area contributed by atoms with Crippen LogP contribution in [0, 0.1) is 28.1 Å². The molecule has 0 saturated heterocycles. The van der Waals surface area contributed by atoms with E-state index in [-0.39, 0.29) is 5.41 Å². The number of anilines is 2. The average Bonchev–Trinajstić information content (AvgIpc) is 2.79. The minimum atomic E-state index is 0.221. The summed E-state index contributed by atoms with van der Waals surface area (Å²) in [6, 6.07) is 19.7. The van der Waals surface area contributed by atoms with Crippen LogP contribution >= 0.6 is 0 Å². The van der Waals surface area contributed by atoms with Gasteiger partial charge in [-0.25, -0.2) is 0 Å². The van der Waals surface area contributed by atoms with Crippen molar-refractivity contribution in [1.29, 1.82) is 10.5 Å². The fourth-order valence-corrected chi connectivity index (χ4v) is 3.30. The van der Waals surface area contributed by atoms with Crippen LogP contribution < -0.4 is 10.2 Å². The van der Waals surface area contributed by atoms with Crippen LogP contribution in [0.2, 0.25) is 0 Å². The number of rotatable bonds is 10. The predicted octanol–water partition coefficient (Wildman–Crippen LogP) is 6.59. The topological polar surface area (TPSA) is 62.9 Å². The smallest absolute Gasteiger partial charge is 0.0991 e. The molecule has 0 aliphatic rings. The van der Waals surface area contributed by atoms with E-state index in [4.69, 9.17) is 10.5 Å². The summed E-state index contributed by atoms with van der Waals surface area (Å²) in [5, 5.41) is 21.4. The first kappa shape index (κ1) is 25.1. The molecule has 0 amide bonds. The summed E-state index contributed by atoms with van der Waals surface area (Å²) in [6.45, 7) is 13.5. The van der Waals surface area contributed by atoms with Gasteiger partial charge in [-0.15, -0.1) is 0 Å². The number of hydrogen-bond donors (Lipinski definition) is 1. The lowest BCUT2D eigenvalue weighted by Gasteiger charge is -2.34. The van der Waals surface area contributed by atoms with Crippen LogP contribution in [0.3, 0.4) is 0 Å². The lowest BCUT2D eigenvalue weighted by molar-refractivity contribution is 0.326. The van der Waals surface area contributed by atoms with Crippen LogP contribution in [-0.4, -0.2) is 19.6 Å². The second-order valence-corrected chi connectivity index (χ2v) is 7.96. The molecule has 2 aromatic carbocycles. The van der Waals surface area contributed by atoms with Gasteiger partial charge in [0.05, 0.1) is 23.3 Å². The van der Waals surface area contributed by atoms with Crippen molar-refractivity contribution >= 4 is 11.4 Å². The Hall–Kier alpha value is -2.98. The number of nitrogens with one attached hydrogen (secondary N) is 1. The van der Waals surface area contributed by atoms with E-state index in [9.17, 15) is 0 Å². The fourth-order valence-electron chi connectivity index (χ4n) is 3.30. The number of nitrogens with zero attached hydrogens (tertiary/aromatic N) is 3. The number of benzene rings is 2. The molecule has 1 N–H and O–H groups in total. The van der Waals surface area contributed by atoms with Gasteiger partial charge in [0.15, 0.2) is 0 Å². The summed E-state index contributed by atoms with van der Waals surface area (Å²) in [7, 11) is 0. The van der Waals surface area contributed by atoms with Gasteiger partial charge in [-0.1, -0.05) is 47.5 Å². The molecule has 0 aliphatic carbocycles. The largest absolute Gasteiger partial charge is 0.383 e. The van der Waals surface area contributed by atoms with Crippen molar-refractivity contribution in [2.45, 2.75) is 53.9 Å². The third kappa shape index (κ3) is 8.58. The second-order valence-electron chi connectivity index (χ2n) is 7.96. The van der Waals surface area contributed by atoms with Gasteiger partial charge in [0.2, 0.25) is 0 Å². The number of nitriles is 2. The highest BCUT2D eigenvalue weighted by molar-refractivity contribution is 5.51. The van der Waals surface area contributed by atoms with E-state index < -0.39 is 0 Å². The van der Waals surface area contributed by atoms with E-state index in [0.29, 0.717) is 11.1 Å². The molecule has 2 aromatic rings. The second kappa shape index (κ2) is 13.3. The van der Waals surface area contributed by atoms with Crippen molar-refractivity contribution in [3.8, 4) is 12.1 Å². The zero-order valence-corrected chi connectivity index (χ0v) is 19.2. The lowest BCUT2D eigenvalue weighted by atomic mass is 9.86. The highest BCUT2D eigenvalue weighted by Gasteiger charge is 2.21. The van der Waals surface area contributed by atoms with E-state index in [0.717, 1.165) is 31.0 Å². The number of unbranched alkanes of at least 4 members (excludes halogenated alkanes) is 1. The van der Waals surface area contributed by atoms with E-state index >= 15 is 0 Å². The first-order valence-corrected chi connectivity index (χ1v) is 11.0. The quantitative estimate of drug-likeness (QED) is 0.485. The standard InChI is InChI=1S/C24H30N4.C2H6/c1-4-5-14-24(2,3)19-28(23-12-8-21(18-26)9-13-23)16-15-27-22-10-6-20(17-25)7-11-22;1-2/h6-13,27H,4-5,14-16,19H2,1-3H3;1-2H3. The molecule has 160 valence electrons. The van der Waals surface area contributed by atoms with Crippen LogP contribution in [0.4, 0.5) is 11.4 Å². The highest BCUT2D eigenvalue weighted by Crippen LogP contribution is 2.27.